The lowest BCUT2D eigenvalue weighted by Gasteiger charge is -2.32. The van der Waals surface area contributed by atoms with E-state index < -0.39 is 0 Å². The molecule has 1 aliphatic rings. The van der Waals surface area contributed by atoms with Gasteiger partial charge in [-0.25, -0.2) is 0 Å². The highest BCUT2D eigenvalue weighted by molar-refractivity contribution is 6.03. The standard InChI is InChI=1S/C27H26N4O2/c1-33-25-14-5-4-12-22(25)24-15-16-26(30-29-24)31-17-7-10-20(18-31)27(32)28-23-13-6-9-19-8-2-3-11-21(19)23/h2-6,8-9,11-16,20H,7,10,17-18H2,1H3,(H,28,32). The number of anilines is 2. The van der Waals surface area contributed by atoms with Gasteiger partial charge < -0.3 is 15.0 Å². The third-order valence-corrected chi connectivity index (χ3v) is 6.20. The molecule has 1 fully saturated rings. The Labute approximate surface area is 193 Å². The number of ether oxygens (including phenoxy) is 1. The predicted octanol–water partition coefficient (Wildman–Crippen LogP) is 5.16. The number of piperidine rings is 1. The van der Waals surface area contributed by atoms with Gasteiger partial charge in [-0.1, -0.05) is 48.5 Å². The number of hydrogen-bond donors (Lipinski definition) is 1. The lowest BCUT2D eigenvalue weighted by atomic mass is 9.96. The average Bonchev–Trinajstić information content (AvgIpc) is 2.89. The minimum atomic E-state index is -0.103. The van der Waals surface area contributed by atoms with E-state index in [4.69, 9.17) is 4.74 Å². The molecule has 6 nitrogen and oxygen atoms in total. The van der Waals surface area contributed by atoms with E-state index in [9.17, 15) is 4.79 Å². The van der Waals surface area contributed by atoms with Gasteiger partial charge in [-0.3, -0.25) is 4.79 Å². The molecule has 1 unspecified atom stereocenters. The summed E-state index contributed by atoms with van der Waals surface area (Å²) in [4.78, 5) is 15.3. The molecule has 1 amide bonds. The molecule has 1 aromatic heterocycles. The van der Waals surface area contributed by atoms with Gasteiger partial charge in [-0.15, -0.1) is 10.2 Å². The number of nitrogens with one attached hydrogen (secondary N) is 1. The zero-order valence-electron chi connectivity index (χ0n) is 18.6. The minimum absolute atomic E-state index is 0.0506. The number of nitrogens with zero attached hydrogens (tertiary/aromatic N) is 3. The average molecular weight is 439 g/mol. The number of methoxy groups -OCH3 is 1. The highest BCUT2D eigenvalue weighted by Gasteiger charge is 2.27. The molecule has 6 heteroatoms. The number of para-hydroxylation sites is 1. The molecular formula is C27H26N4O2. The fourth-order valence-electron chi connectivity index (χ4n) is 4.46. The Balaban J connectivity index is 1.30. The number of aromatic nitrogens is 2. The van der Waals surface area contributed by atoms with Gasteiger partial charge in [0.1, 0.15) is 5.75 Å². The van der Waals surface area contributed by atoms with Crippen LogP contribution in [0.2, 0.25) is 0 Å². The molecule has 0 aliphatic carbocycles. The summed E-state index contributed by atoms with van der Waals surface area (Å²) in [5, 5.41) is 14.2. The Kier molecular flexibility index (Phi) is 5.89. The SMILES string of the molecule is COc1ccccc1-c1ccc(N2CCCC(C(=O)Nc3cccc4ccccc34)C2)nn1. The molecule has 0 radical (unpaired) electrons. The van der Waals surface area contributed by atoms with Gasteiger partial charge in [0, 0.05) is 29.7 Å². The van der Waals surface area contributed by atoms with E-state index in [1.165, 1.54) is 0 Å². The summed E-state index contributed by atoms with van der Waals surface area (Å²) < 4.78 is 5.44. The lowest BCUT2D eigenvalue weighted by Crippen LogP contribution is -2.41. The number of hydrogen-bond acceptors (Lipinski definition) is 5. The van der Waals surface area contributed by atoms with Gasteiger partial charge in [0.15, 0.2) is 5.82 Å². The first kappa shape index (κ1) is 20.9. The van der Waals surface area contributed by atoms with Crippen LogP contribution in [-0.2, 0) is 4.79 Å². The number of carbonyl (C=O) groups excluding carboxylic acids is 1. The molecule has 3 aromatic carbocycles. The molecular weight excluding hydrogens is 412 g/mol. The van der Waals surface area contributed by atoms with Crippen molar-refractivity contribution in [3.05, 3.63) is 78.9 Å². The summed E-state index contributed by atoms with van der Waals surface area (Å²) in [5.74, 6) is 1.50. The van der Waals surface area contributed by atoms with Crippen LogP contribution in [0.1, 0.15) is 12.8 Å². The zero-order valence-corrected chi connectivity index (χ0v) is 18.6. The highest BCUT2D eigenvalue weighted by Crippen LogP contribution is 2.30. The van der Waals surface area contributed by atoms with E-state index in [1.54, 1.807) is 7.11 Å². The van der Waals surface area contributed by atoms with Gasteiger partial charge >= 0.3 is 0 Å². The topological polar surface area (TPSA) is 67.3 Å². The van der Waals surface area contributed by atoms with Crippen LogP contribution in [0.3, 0.4) is 0 Å². The summed E-state index contributed by atoms with van der Waals surface area (Å²) in [6.45, 7) is 1.49. The van der Waals surface area contributed by atoms with E-state index in [2.05, 4.69) is 32.5 Å². The van der Waals surface area contributed by atoms with Crippen LogP contribution in [0.25, 0.3) is 22.0 Å². The molecule has 33 heavy (non-hydrogen) atoms. The molecule has 0 bridgehead atoms. The largest absolute Gasteiger partial charge is 0.496 e. The molecule has 4 aromatic rings. The molecule has 5 rings (SSSR count). The van der Waals surface area contributed by atoms with Crippen LogP contribution in [0.4, 0.5) is 11.5 Å². The molecule has 0 spiro atoms. The summed E-state index contributed by atoms with van der Waals surface area (Å²) in [6.07, 6.45) is 1.80. The Morgan fingerprint density at radius 3 is 2.64 bits per heavy atom. The summed E-state index contributed by atoms with van der Waals surface area (Å²) >= 11 is 0. The van der Waals surface area contributed by atoms with E-state index in [0.717, 1.165) is 58.7 Å². The second-order valence-corrected chi connectivity index (χ2v) is 8.28. The second kappa shape index (κ2) is 9.28. The normalized spacial score (nSPS) is 15.9. The third kappa shape index (κ3) is 4.37. The van der Waals surface area contributed by atoms with Crippen LogP contribution in [0.5, 0.6) is 5.75 Å². The number of carbonyl (C=O) groups is 1. The molecule has 0 saturated carbocycles. The molecule has 1 aliphatic heterocycles. The van der Waals surface area contributed by atoms with E-state index >= 15 is 0 Å². The monoisotopic (exact) mass is 438 g/mol. The maximum absolute atomic E-state index is 13.1. The van der Waals surface area contributed by atoms with Gasteiger partial charge in [-0.05, 0) is 48.6 Å². The summed E-state index contributed by atoms with van der Waals surface area (Å²) in [7, 11) is 1.65. The van der Waals surface area contributed by atoms with Crippen molar-refractivity contribution in [1.82, 2.24) is 10.2 Å². The summed E-state index contributed by atoms with van der Waals surface area (Å²) in [6, 6.07) is 25.8. The van der Waals surface area contributed by atoms with E-state index in [1.807, 2.05) is 66.7 Å². The van der Waals surface area contributed by atoms with Crippen molar-refractivity contribution < 1.29 is 9.53 Å². The number of benzene rings is 3. The lowest BCUT2D eigenvalue weighted by molar-refractivity contribution is -0.120. The fourth-order valence-corrected chi connectivity index (χ4v) is 4.46. The van der Waals surface area contributed by atoms with Crippen molar-refractivity contribution in [1.29, 1.82) is 0 Å². The smallest absolute Gasteiger partial charge is 0.229 e. The van der Waals surface area contributed by atoms with Crippen molar-refractivity contribution in [3.63, 3.8) is 0 Å². The second-order valence-electron chi connectivity index (χ2n) is 8.28. The third-order valence-electron chi connectivity index (χ3n) is 6.20. The first-order valence-electron chi connectivity index (χ1n) is 11.2. The number of fused-ring (bicyclic) bond motifs is 1. The van der Waals surface area contributed by atoms with Gasteiger partial charge in [-0.2, -0.15) is 0 Å². The summed E-state index contributed by atoms with van der Waals surface area (Å²) in [5.41, 5.74) is 2.53. The van der Waals surface area contributed by atoms with Gasteiger partial charge in [0.25, 0.3) is 0 Å². The Bertz CT molecular complexity index is 1270. The fraction of sp³-hybridized carbons (Fsp3) is 0.222. The Hall–Kier alpha value is -3.93. The Morgan fingerprint density at radius 1 is 0.970 bits per heavy atom. The van der Waals surface area contributed by atoms with Crippen molar-refractivity contribution >= 4 is 28.2 Å². The van der Waals surface area contributed by atoms with Crippen LogP contribution in [-0.4, -0.2) is 36.3 Å². The molecule has 1 saturated heterocycles. The number of amides is 1. The molecule has 2 heterocycles. The predicted molar refractivity (Wildman–Crippen MR) is 132 cm³/mol. The van der Waals surface area contributed by atoms with Gasteiger partial charge in [0.2, 0.25) is 5.91 Å². The molecule has 1 atom stereocenters. The van der Waals surface area contributed by atoms with Crippen LogP contribution >= 0.6 is 0 Å². The van der Waals surface area contributed by atoms with E-state index in [0.29, 0.717) is 6.54 Å². The van der Waals surface area contributed by atoms with Crippen molar-refractivity contribution in [2.45, 2.75) is 12.8 Å². The quantitative estimate of drug-likeness (QED) is 0.466. The van der Waals surface area contributed by atoms with Crippen LogP contribution in [0.15, 0.2) is 78.9 Å². The zero-order chi connectivity index (χ0) is 22.6. The maximum Gasteiger partial charge on any atom is 0.229 e. The Morgan fingerprint density at radius 2 is 1.79 bits per heavy atom. The van der Waals surface area contributed by atoms with Crippen molar-refractivity contribution in [3.8, 4) is 17.0 Å². The van der Waals surface area contributed by atoms with Crippen molar-refractivity contribution in [2.75, 3.05) is 30.4 Å². The highest BCUT2D eigenvalue weighted by atomic mass is 16.5. The first-order chi connectivity index (χ1) is 16.2. The molecule has 166 valence electrons. The maximum atomic E-state index is 13.1. The van der Waals surface area contributed by atoms with Crippen LogP contribution < -0.4 is 15.0 Å². The van der Waals surface area contributed by atoms with E-state index in [-0.39, 0.29) is 11.8 Å². The molecule has 1 N–H and O–H groups in total. The van der Waals surface area contributed by atoms with Crippen molar-refractivity contribution in [2.24, 2.45) is 5.92 Å². The van der Waals surface area contributed by atoms with Crippen LogP contribution in [0, 0.1) is 5.92 Å². The minimum Gasteiger partial charge on any atom is -0.496 e. The number of rotatable bonds is 5. The van der Waals surface area contributed by atoms with Gasteiger partial charge in [0.05, 0.1) is 18.7 Å². The first-order valence-corrected chi connectivity index (χ1v) is 11.2.